The van der Waals surface area contributed by atoms with E-state index in [2.05, 4.69) is 24.3 Å². The summed E-state index contributed by atoms with van der Waals surface area (Å²) >= 11 is 0. The summed E-state index contributed by atoms with van der Waals surface area (Å²) in [7, 11) is 8.64. The van der Waals surface area contributed by atoms with Crippen molar-refractivity contribution < 1.29 is 14.7 Å². The van der Waals surface area contributed by atoms with E-state index in [9.17, 15) is 9.59 Å². The van der Waals surface area contributed by atoms with Crippen LogP contribution in [0.3, 0.4) is 0 Å². The van der Waals surface area contributed by atoms with Crippen molar-refractivity contribution in [2.75, 3.05) is 39.8 Å². The number of aliphatic hydroxyl groups excluding tert-OH is 1. The minimum Gasteiger partial charge on any atom is -0.400 e. The predicted octanol–water partition coefficient (Wildman–Crippen LogP) is 1.94. The van der Waals surface area contributed by atoms with E-state index in [0.29, 0.717) is 29.9 Å². The maximum atomic E-state index is 11.6. The molecule has 0 saturated carbocycles. The molecule has 0 atom stereocenters. The fourth-order valence-electron chi connectivity index (χ4n) is 1.84. The number of aliphatic hydroxyl groups is 1. The number of rotatable bonds is 5. The number of nitrogens with one attached hydrogen (secondary N) is 1. The molecule has 2 rings (SSSR count). The van der Waals surface area contributed by atoms with Gasteiger partial charge in [0.15, 0.2) is 17.9 Å². The van der Waals surface area contributed by atoms with Crippen molar-refractivity contribution in [3.63, 3.8) is 0 Å². The smallest absolute Gasteiger partial charge is 0.188 e. The van der Waals surface area contributed by atoms with E-state index >= 15 is 0 Å². The summed E-state index contributed by atoms with van der Waals surface area (Å²) in [4.78, 5) is 24.3. The van der Waals surface area contributed by atoms with Crippen LogP contribution in [0.2, 0.25) is 0 Å². The molecule has 1 aromatic rings. The molecular formula is C20H42N6O3. The highest BCUT2D eigenvalue weighted by atomic mass is 16.2. The Balaban J connectivity index is -0.000000520. The van der Waals surface area contributed by atoms with Crippen LogP contribution in [0.1, 0.15) is 57.9 Å². The number of Topliss-reactive ketones (excluding diaryl/α,β-unsaturated/α-hetero) is 1. The van der Waals surface area contributed by atoms with Gasteiger partial charge in [-0.1, -0.05) is 34.1 Å². The lowest BCUT2D eigenvalue weighted by Gasteiger charge is -2.29. The number of anilines is 1. The van der Waals surface area contributed by atoms with Gasteiger partial charge in [-0.2, -0.15) is 5.10 Å². The number of allylic oxidation sites excluding steroid dienone is 2. The molecule has 9 heteroatoms. The Bertz CT molecular complexity index is 594. The highest BCUT2D eigenvalue weighted by Gasteiger charge is 2.32. The second-order valence-corrected chi connectivity index (χ2v) is 6.05. The Hall–Kier alpha value is -2.23. The minimum absolute atomic E-state index is 0.0354. The van der Waals surface area contributed by atoms with E-state index in [1.807, 2.05) is 46.8 Å². The normalized spacial score (nSPS) is 11.3. The van der Waals surface area contributed by atoms with Gasteiger partial charge < -0.3 is 15.3 Å². The maximum Gasteiger partial charge on any atom is 0.188 e. The first kappa shape index (κ1) is 31.5. The second-order valence-electron chi connectivity index (χ2n) is 6.05. The van der Waals surface area contributed by atoms with Crippen LogP contribution >= 0.6 is 0 Å². The first-order chi connectivity index (χ1) is 13.7. The van der Waals surface area contributed by atoms with E-state index < -0.39 is 0 Å². The molecular weight excluding hydrogens is 372 g/mol. The monoisotopic (exact) mass is 414 g/mol. The zero-order chi connectivity index (χ0) is 23.6. The summed E-state index contributed by atoms with van der Waals surface area (Å²) in [6.45, 7) is 10.9. The molecule has 170 valence electrons. The Morgan fingerprint density at radius 1 is 1.24 bits per heavy atom. The fraction of sp³-hybridized carbons (Fsp3) is 0.650. The van der Waals surface area contributed by atoms with Gasteiger partial charge in [0.2, 0.25) is 0 Å². The SMILES string of the molecule is CC.CCC.CCNC1=C(N(N)c2cc(C=O)n(C)n2)C(=O)C1.CN(C)C.CO. The van der Waals surface area contributed by atoms with Crippen molar-refractivity contribution in [3.05, 3.63) is 23.2 Å². The molecule has 1 aliphatic carbocycles. The summed E-state index contributed by atoms with van der Waals surface area (Å²) in [6, 6.07) is 1.54. The first-order valence-corrected chi connectivity index (χ1v) is 9.83. The van der Waals surface area contributed by atoms with Crippen molar-refractivity contribution in [1.82, 2.24) is 20.0 Å². The largest absolute Gasteiger partial charge is 0.400 e. The van der Waals surface area contributed by atoms with E-state index in [1.165, 1.54) is 22.2 Å². The van der Waals surface area contributed by atoms with Gasteiger partial charge in [0.25, 0.3) is 0 Å². The Morgan fingerprint density at radius 3 is 2.00 bits per heavy atom. The number of carbonyl (C=O) groups is 2. The summed E-state index contributed by atoms with van der Waals surface area (Å²) in [5, 5.41) is 15.4. The third kappa shape index (κ3) is 12.0. The van der Waals surface area contributed by atoms with Crippen molar-refractivity contribution >= 4 is 17.9 Å². The molecule has 1 aromatic heterocycles. The van der Waals surface area contributed by atoms with Crippen molar-refractivity contribution in [2.45, 2.75) is 47.5 Å². The summed E-state index contributed by atoms with van der Waals surface area (Å²) in [5.74, 6) is 6.21. The van der Waals surface area contributed by atoms with Crippen LogP contribution in [0, 0.1) is 0 Å². The van der Waals surface area contributed by atoms with E-state index in [4.69, 9.17) is 10.9 Å². The Kier molecular flexibility index (Phi) is 20.7. The van der Waals surface area contributed by atoms with Crippen LogP contribution in [-0.4, -0.2) is 66.7 Å². The number of aromatic nitrogens is 2. The number of aldehydes is 1. The summed E-state index contributed by atoms with van der Waals surface area (Å²) < 4.78 is 1.42. The lowest BCUT2D eigenvalue weighted by atomic mass is 9.98. The molecule has 0 aromatic carbocycles. The topological polar surface area (TPSA) is 117 Å². The molecule has 0 bridgehead atoms. The highest BCUT2D eigenvalue weighted by molar-refractivity contribution is 6.06. The Labute approximate surface area is 176 Å². The third-order valence-electron chi connectivity index (χ3n) is 2.79. The molecule has 0 aliphatic heterocycles. The average molecular weight is 415 g/mol. The molecule has 4 N–H and O–H groups in total. The average Bonchev–Trinajstić information content (AvgIpc) is 3.06. The predicted molar refractivity (Wildman–Crippen MR) is 121 cm³/mol. The number of nitrogens with zero attached hydrogens (tertiary/aromatic N) is 4. The summed E-state index contributed by atoms with van der Waals surface area (Å²) in [6.07, 6.45) is 2.30. The second kappa shape index (κ2) is 19.1. The van der Waals surface area contributed by atoms with E-state index in [1.54, 1.807) is 7.05 Å². The zero-order valence-corrected chi connectivity index (χ0v) is 19.9. The molecule has 0 radical (unpaired) electrons. The number of ketones is 1. The molecule has 0 saturated heterocycles. The van der Waals surface area contributed by atoms with Crippen LogP contribution in [0.25, 0.3) is 0 Å². The third-order valence-corrected chi connectivity index (χ3v) is 2.79. The number of hydrogen-bond acceptors (Lipinski definition) is 8. The highest BCUT2D eigenvalue weighted by Crippen LogP contribution is 2.26. The first-order valence-electron chi connectivity index (χ1n) is 9.83. The van der Waals surface area contributed by atoms with Gasteiger partial charge >= 0.3 is 0 Å². The fourth-order valence-corrected chi connectivity index (χ4v) is 1.84. The lowest BCUT2D eigenvalue weighted by molar-refractivity contribution is -0.116. The molecule has 1 heterocycles. The van der Waals surface area contributed by atoms with Gasteiger partial charge in [-0.25, -0.2) is 5.84 Å². The van der Waals surface area contributed by atoms with Gasteiger partial charge in [-0.15, -0.1) is 0 Å². The zero-order valence-electron chi connectivity index (χ0n) is 19.9. The number of hydrogen-bond donors (Lipinski definition) is 3. The van der Waals surface area contributed by atoms with Crippen molar-refractivity contribution in [2.24, 2.45) is 12.9 Å². The van der Waals surface area contributed by atoms with Crippen LogP contribution in [0.15, 0.2) is 17.5 Å². The minimum atomic E-state index is -0.0354. The Morgan fingerprint density at radius 2 is 1.69 bits per heavy atom. The summed E-state index contributed by atoms with van der Waals surface area (Å²) in [5.41, 5.74) is 1.62. The number of aryl methyl sites for hydroxylation is 1. The van der Waals surface area contributed by atoms with Crippen LogP contribution < -0.4 is 16.2 Å². The molecule has 1 aliphatic rings. The number of nitrogens with two attached hydrogens (primary N) is 1. The van der Waals surface area contributed by atoms with E-state index in [0.717, 1.165) is 19.4 Å². The molecule has 29 heavy (non-hydrogen) atoms. The van der Waals surface area contributed by atoms with Crippen molar-refractivity contribution in [3.8, 4) is 0 Å². The van der Waals surface area contributed by atoms with Crippen LogP contribution in [-0.2, 0) is 11.8 Å². The number of carbonyl (C=O) groups excluding carboxylic acids is 2. The van der Waals surface area contributed by atoms with Crippen LogP contribution in [0.4, 0.5) is 5.82 Å². The molecule has 0 spiro atoms. The van der Waals surface area contributed by atoms with Gasteiger partial charge in [-0.05, 0) is 28.1 Å². The van der Waals surface area contributed by atoms with Crippen molar-refractivity contribution in [1.29, 1.82) is 0 Å². The quantitative estimate of drug-likeness (QED) is 0.380. The van der Waals surface area contributed by atoms with Gasteiger partial charge in [0.1, 0.15) is 11.4 Å². The molecule has 0 amide bonds. The lowest BCUT2D eigenvalue weighted by Crippen LogP contribution is -2.43. The van der Waals surface area contributed by atoms with Gasteiger partial charge in [-0.3, -0.25) is 19.3 Å². The standard InChI is InChI=1S/C11H15N5O2.C3H9N.C3H8.C2H6.CH4O/c1-3-13-8-5-9(18)11(8)16(12)10-4-7(6-17)15(2)14-10;1-4(2)3;1-3-2;2*1-2/h4,6,13H,3,5,12H2,1-2H3;1-3H3;3H2,1-2H3;1-2H3;2H,1H3. The van der Waals surface area contributed by atoms with E-state index in [-0.39, 0.29) is 5.78 Å². The van der Waals surface area contributed by atoms with Crippen LogP contribution in [0.5, 0.6) is 0 Å². The maximum absolute atomic E-state index is 11.6. The molecule has 0 fully saturated rings. The van der Waals surface area contributed by atoms with Gasteiger partial charge in [0.05, 0.1) is 6.42 Å². The number of hydrazine groups is 1. The molecule has 9 nitrogen and oxygen atoms in total. The molecule has 0 unspecified atom stereocenters. The van der Waals surface area contributed by atoms with Gasteiger partial charge in [0, 0.05) is 32.5 Å².